The summed E-state index contributed by atoms with van der Waals surface area (Å²) in [4.78, 5) is 3.84. The van der Waals surface area contributed by atoms with E-state index in [0.717, 1.165) is 6.07 Å². The van der Waals surface area contributed by atoms with Crippen molar-refractivity contribution in [1.29, 1.82) is 0 Å². The first-order valence-electron chi connectivity index (χ1n) is 5.76. The molecule has 1 N–H and O–H groups in total. The molecule has 0 unspecified atom stereocenters. The summed E-state index contributed by atoms with van der Waals surface area (Å²) in [6.45, 7) is 0.0385. The fourth-order valence-electron chi connectivity index (χ4n) is 1.57. The van der Waals surface area contributed by atoms with Crippen LogP contribution in [0, 0.1) is 5.82 Å². The molecule has 0 aliphatic rings. The van der Waals surface area contributed by atoms with E-state index in [1.54, 1.807) is 24.4 Å². The number of halogens is 1. The van der Waals surface area contributed by atoms with Crippen LogP contribution in [-0.4, -0.2) is 20.5 Å². The number of nitrogens with zero attached hydrogens (tertiary/aromatic N) is 1. The summed E-state index contributed by atoms with van der Waals surface area (Å²) >= 11 is 0. The fourth-order valence-corrected chi connectivity index (χ4v) is 2.58. The molecule has 0 saturated heterocycles. The first-order valence-corrected chi connectivity index (χ1v) is 7.24. The largest absolute Gasteiger partial charge is 0.494 e. The first-order chi connectivity index (χ1) is 9.53. The SMILES string of the molecule is COc1ccc(S(=O)(=O)NCc2ccccn2)cc1F. The third kappa shape index (κ3) is 3.31. The predicted octanol–water partition coefficient (Wildman–Crippen LogP) is 1.71. The molecule has 1 aromatic heterocycles. The third-order valence-corrected chi connectivity index (χ3v) is 4.00. The van der Waals surface area contributed by atoms with Crippen LogP contribution in [0.3, 0.4) is 0 Å². The van der Waals surface area contributed by atoms with Crippen molar-refractivity contribution >= 4 is 10.0 Å². The van der Waals surface area contributed by atoms with Gasteiger partial charge < -0.3 is 4.74 Å². The van der Waals surface area contributed by atoms with E-state index in [9.17, 15) is 12.8 Å². The Morgan fingerprint density at radius 3 is 2.70 bits per heavy atom. The van der Waals surface area contributed by atoms with Gasteiger partial charge in [-0.1, -0.05) is 6.07 Å². The second-order valence-electron chi connectivity index (χ2n) is 3.94. The summed E-state index contributed by atoms with van der Waals surface area (Å²) in [5.41, 5.74) is 0.574. The van der Waals surface area contributed by atoms with Gasteiger partial charge >= 0.3 is 0 Å². The molecule has 0 atom stereocenters. The van der Waals surface area contributed by atoms with Crippen molar-refractivity contribution in [3.05, 3.63) is 54.1 Å². The number of methoxy groups -OCH3 is 1. The number of rotatable bonds is 5. The summed E-state index contributed by atoms with van der Waals surface area (Å²) in [5, 5.41) is 0. The number of nitrogens with one attached hydrogen (secondary N) is 1. The van der Waals surface area contributed by atoms with Crippen molar-refractivity contribution in [1.82, 2.24) is 9.71 Å². The van der Waals surface area contributed by atoms with Gasteiger partial charge in [-0.25, -0.2) is 17.5 Å². The zero-order chi connectivity index (χ0) is 14.6. The minimum Gasteiger partial charge on any atom is -0.494 e. The maximum absolute atomic E-state index is 13.5. The third-order valence-electron chi connectivity index (χ3n) is 2.60. The van der Waals surface area contributed by atoms with Gasteiger partial charge in [-0.15, -0.1) is 0 Å². The topological polar surface area (TPSA) is 68.3 Å². The van der Waals surface area contributed by atoms with E-state index in [1.807, 2.05) is 0 Å². The summed E-state index contributed by atoms with van der Waals surface area (Å²) in [6, 6.07) is 8.64. The second-order valence-corrected chi connectivity index (χ2v) is 5.71. The molecule has 0 aliphatic carbocycles. The quantitative estimate of drug-likeness (QED) is 0.912. The molecule has 0 spiro atoms. The maximum Gasteiger partial charge on any atom is 0.241 e. The predicted molar refractivity (Wildman–Crippen MR) is 71.2 cm³/mol. The van der Waals surface area contributed by atoms with Gasteiger partial charge in [0, 0.05) is 6.20 Å². The minimum atomic E-state index is -3.79. The first kappa shape index (κ1) is 14.4. The highest BCUT2D eigenvalue weighted by molar-refractivity contribution is 7.89. The van der Waals surface area contributed by atoms with Crippen LogP contribution in [0.1, 0.15) is 5.69 Å². The van der Waals surface area contributed by atoms with Crippen molar-refractivity contribution in [2.45, 2.75) is 11.4 Å². The van der Waals surface area contributed by atoms with Crippen molar-refractivity contribution < 1.29 is 17.5 Å². The number of ether oxygens (including phenoxy) is 1. The monoisotopic (exact) mass is 296 g/mol. The van der Waals surface area contributed by atoms with Crippen LogP contribution in [0.15, 0.2) is 47.5 Å². The number of hydrogen-bond donors (Lipinski definition) is 1. The average molecular weight is 296 g/mol. The highest BCUT2D eigenvalue weighted by atomic mass is 32.2. The number of pyridine rings is 1. The van der Waals surface area contributed by atoms with Crippen LogP contribution in [-0.2, 0) is 16.6 Å². The van der Waals surface area contributed by atoms with Gasteiger partial charge in [0.2, 0.25) is 10.0 Å². The van der Waals surface area contributed by atoms with Crippen LogP contribution in [0.2, 0.25) is 0 Å². The van der Waals surface area contributed by atoms with Gasteiger partial charge in [0.15, 0.2) is 11.6 Å². The summed E-state index contributed by atoms with van der Waals surface area (Å²) in [6.07, 6.45) is 1.57. The molecular formula is C13H13FN2O3S. The molecule has 0 aliphatic heterocycles. The van der Waals surface area contributed by atoms with Crippen LogP contribution in [0.25, 0.3) is 0 Å². The highest BCUT2D eigenvalue weighted by Gasteiger charge is 2.16. The Morgan fingerprint density at radius 2 is 2.10 bits per heavy atom. The molecular weight excluding hydrogens is 283 g/mol. The van der Waals surface area contributed by atoms with Crippen LogP contribution < -0.4 is 9.46 Å². The second kappa shape index (κ2) is 5.98. The molecule has 2 aromatic rings. The number of sulfonamides is 1. The Kier molecular flexibility index (Phi) is 4.31. The maximum atomic E-state index is 13.5. The summed E-state index contributed by atoms with van der Waals surface area (Å²) in [5.74, 6) is -0.734. The average Bonchev–Trinajstić information content (AvgIpc) is 2.46. The van der Waals surface area contributed by atoms with Gasteiger partial charge in [-0.2, -0.15) is 0 Å². The minimum absolute atomic E-state index is 0.00586. The van der Waals surface area contributed by atoms with Crippen molar-refractivity contribution in [3.8, 4) is 5.75 Å². The van der Waals surface area contributed by atoms with Crippen LogP contribution >= 0.6 is 0 Å². The molecule has 0 saturated carbocycles. The van der Waals surface area contributed by atoms with Crippen LogP contribution in [0.4, 0.5) is 4.39 Å². The standard InChI is InChI=1S/C13H13FN2O3S/c1-19-13-6-5-11(8-12(13)14)20(17,18)16-9-10-4-2-3-7-15-10/h2-8,16H,9H2,1H3. The Balaban J connectivity index is 2.16. The number of hydrogen-bond acceptors (Lipinski definition) is 4. The van der Waals surface area contributed by atoms with E-state index in [-0.39, 0.29) is 17.2 Å². The van der Waals surface area contributed by atoms with Gasteiger partial charge in [-0.05, 0) is 30.3 Å². The van der Waals surface area contributed by atoms with E-state index in [4.69, 9.17) is 4.74 Å². The van der Waals surface area contributed by atoms with Crippen LogP contribution in [0.5, 0.6) is 5.75 Å². The van der Waals surface area contributed by atoms with E-state index in [0.29, 0.717) is 5.69 Å². The molecule has 106 valence electrons. The van der Waals surface area contributed by atoms with E-state index in [2.05, 4.69) is 9.71 Å². The zero-order valence-corrected chi connectivity index (χ0v) is 11.5. The number of benzene rings is 1. The molecule has 5 nitrogen and oxygen atoms in total. The smallest absolute Gasteiger partial charge is 0.241 e. The summed E-state index contributed by atoms with van der Waals surface area (Å²) in [7, 11) is -2.48. The van der Waals surface area contributed by atoms with Gasteiger partial charge in [0.25, 0.3) is 0 Å². The fraction of sp³-hybridized carbons (Fsp3) is 0.154. The molecule has 0 radical (unpaired) electrons. The Bertz CT molecular complexity index is 690. The Morgan fingerprint density at radius 1 is 1.30 bits per heavy atom. The van der Waals surface area contributed by atoms with Crippen molar-refractivity contribution in [2.24, 2.45) is 0 Å². The highest BCUT2D eigenvalue weighted by Crippen LogP contribution is 2.20. The Labute approximate surface area is 116 Å². The lowest BCUT2D eigenvalue weighted by Crippen LogP contribution is -2.23. The molecule has 0 bridgehead atoms. The zero-order valence-electron chi connectivity index (χ0n) is 10.7. The lowest BCUT2D eigenvalue weighted by atomic mass is 10.3. The van der Waals surface area contributed by atoms with E-state index >= 15 is 0 Å². The molecule has 1 aromatic carbocycles. The summed E-state index contributed by atoms with van der Waals surface area (Å²) < 4.78 is 44.6. The molecule has 7 heteroatoms. The molecule has 20 heavy (non-hydrogen) atoms. The van der Waals surface area contributed by atoms with Gasteiger partial charge in [0.05, 0.1) is 24.2 Å². The normalized spacial score (nSPS) is 11.3. The number of aromatic nitrogens is 1. The Hall–Kier alpha value is -1.99. The van der Waals surface area contributed by atoms with Gasteiger partial charge in [0.1, 0.15) is 0 Å². The molecule has 0 fully saturated rings. The molecule has 1 heterocycles. The van der Waals surface area contributed by atoms with Crippen molar-refractivity contribution in [3.63, 3.8) is 0 Å². The molecule has 2 rings (SSSR count). The lowest BCUT2D eigenvalue weighted by molar-refractivity contribution is 0.385. The van der Waals surface area contributed by atoms with E-state index in [1.165, 1.54) is 19.2 Å². The van der Waals surface area contributed by atoms with Crippen molar-refractivity contribution in [2.75, 3.05) is 7.11 Å². The molecule has 0 amide bonds. The van der Waals surface area contributed by atoms with E-state index < -0.39 is 15.8 Å². The lowest BCUT2D eigenvalue weighted by Gasteiger charge is -2.08. The van der Waals surface area contributed by atoms with Gasteiger partial charge in [-0.3, -0.25) is 4.98 Å².